The van der Waals surface area contributed by atoms with Crippen LogP contribution in [0, 0.1) is 17.3 Å². The van der Waals surface area contributed by atoms with E-state index in [0.717, 1.165) is 12.8 Å². The standard InChI is InChI=1S/C10H14O4/c11-8(12)7-5-6-1-3-10(7,4-2-6)9(13)14/h6-7H,1-5H2,(H,11,12)(H,13,14). The van der Waals surface area contributed by atoms with Gasteiger partial charge in [-0.05, 0) is 38.0 Å². The maximum Gasteiger partial charge on any atom is 0.310 e. The monoisotopic (exact) mass is 198 g/mol. The summed E-state index contributed by atoms with van der Waals surface area (Å²) < 4.78 is 0. The van der Waals surface area contributed by atoms with Crippen molar-refractivity contribution in [2.45, 2.75) is 32.1 Å². The maximum atomic E-state index is 11.2. The molecule has 1 unspecified atom stereocenters. The van der Waals surface area contributed by atoms with Crippen LogP contribution in [-0.2, 0) is 9.59 Å². The first-order valence-corrected chi connectivity index (χ1v) is 5.02. The van der Waals surface area contributed by atoms with E-state index in [2.05, 4.69) is 0 Å². The van der Waals surface area contributed by atoms with Gasteiger partial charge in [0.2, 0.25) is 0 Å². The fourth-order valence-electron chi connectivity index (χ4n) is 3.04. The van der Waals surface area contributed by atoms with Gasteiger partial charge in [-0.25, -0.2) is 0 Å². The summed E-state index contributed by atoms with van der Waals surface area (Å²) in [4.78, 5) is 22.2. The lowest BCUT2D eigenvalue weighted by atomic mass is 9.55. The minimum absolute atomic E-state index is 0.442. The summed E-state index contributed by atoms with van der Waals surface area (Å²) in [5.74, 6) is -2.07. The second-order valence-corrected chi connectivity index (χ2v) is 4.53. The van der Waals surface area contributed by atoms with Crippen molar-refractivity contribution >= 4 is 11.9 Å². The van der Waals surface area contributed by atoms with E-state index in [1.165, 1.54) is 0 Å². The quantitative estimate of drug-likeness (QED) is 0.702. The number of hydrogen-bond donors (Lipinski definition) is 2. The molecule has 3 aliphatic carbocycles. The number of carboxylic acid groups (broad SMARTS) is 2. The van der Waals surface area contributed by atoms with Crippen LogP contribution in [0.25, 0.3) is 0 Å². The van der Waals surface area contributed by atoms with Crippen LogP contribution in [0.4, 0.5) is 0 Å². The third kappa shape index (κ3) is 1.13. The van der Waals surface area contributed by atoms with Gasteiger partial charge in [0.25, 0.3) is 0 Å². The van der Waals surface area contributed by atoms with Crippen LogP contribution < -0.4 is 0 Å². The molecule has 1 atom stereocenters. The first-order valence-electron chi connectivity index (χ1n) is 5.02. The summed E-state index contributed by atoms with van der Waals surface area (Å²) in [7, 11) is 0. The molecule has 0 heterocycles. The highest BCUT2D eigenvalue weighted by molar-refractivity contribution is 5.84. The summed E-state index contributed by atoms with van der Waals surface area (Å²) in [6.07, 6.45) is 3.42. The molecule has 3 saturated carbocycles. The fourth-order valence-corrected chi connectivity index (χ4v) is 3.04. The van der Waals surface area contributed by atoms with Gasteiger partial charge in [-0.1, -0.05) is 0 Å². The van der Waals surface area contributed by atoms with Crippen molar-refractivity contribution in [3.05, 3.63) is 0 Å². The molecule has 14 heavy (non-hydrogen) atoms. The Bertz CT molecular complexity index is 276. The Labute approximate surface area is 81.9 Å². The highest BCUT2D eigenvalue weighted by Gasteiger charge is 2.55. The van der Waals surface area contributed by atoms with E-state index in [4.69, 9.17) is 10.2 Å². The molecule has 78 valence electrons. The molecule has 0 aromatic carbocycles. The second-order valence-electron chi connectivity index (χ2n) is 4.53. The summed E-state index contributed by atoms with van der Waals surface area (Å²) in [5, 5.41) is 18.2. The lowest BCUT2D eigenvalue weighted by Crippen LogP contribution is -2.50. The molecule has 0 aromatic heterocycles. The largest absolute Gasteiger partial charge is 0.481 e. The average molecular weight is 198 g/mol. The molecule has 3 fully saturated rings. The van der Waals surface area contributed by atoms with E-state index in [9.17, 15) is 9.59 Å². The number of rotatable bonds is 2. The topological polar surface area (TPSA) is 74.6 Å². The molecule has 3 aliphatic rings. The van der Waals surface area contributed by atoms with E-state index in [1.54, 1.807) is 0 Å². The van der Waals surface area contributed by atoms with Crippen molar-refractivity contribution in [3.8, 4) is 0 Å². The molecular weight excluding hydrogens is 184 g/mol. The van der Waals surface area contributed by atoms with Gasteiger partial charge in [0.1, 0.15) is 0 Å². The third-order valence-corrected chi connectivity index (χ3v) is 3.96. The van der Waals surface area contributed by atoms with Gasteiger partial charge in [0.05, 0.1) is 11.3 Å². The summed E-state index contributed by atoms with van der Waals surface area (Å²) in [5.41, 5.74) is -0.958. The van der Waals surface area contributed by atoms with E-state index in [0.29, 0.717) is 25.2 Å². The number of hydrogen-bond acceptors (Lipinski definition) is 2. The Balaban J connectivity index is 2.33. The van der Waals surface area contributed by atoms with Crippen LogP contribution in [-0.4, -0.2) is 22.2 Å². The lowest BCUT2D eigenvalue weighted by Gasteiger charge is -2.47. The van der Waals surface area contributed by atoms with Crippen LogP contribution in [0.2, 0.25) is 0 Å². The molecule has 0 saturated heterocycles. The van der Waals surface area contributed by atoms with Gasteiger partial charge in [-0.15, -0.1) is 0 Å². The van der Waals surface area contributed by atoms with Crippen molar-refractivity contribution in [1.82, 2.24) is 0 Å². The molecule has 4 heteroatoms. The molecule has 2 bridgehead atoms. The van der Waals surface area contributed by atoms with E-state index in [1.807, 2.05) is 0 Å². The number of fused-ring (bicyclic) bond motifs is 3. The first kappa shape index (κ1) is 9.49. The van der Waals surface area contributed by atoms with Crippen molar-refractivity contribution in [2.75, 3.05) is 0 Å². The highest BCUT2D eigenvalue weighted by Crippen LogP contribution is 2.54. The van der Waals surface area contributed by atoms with E-state index >= 15 is 0 Å². The van der Waals surface area contributed by atoms with Gasteiger partial charge in [0, 0.05) is 0 Å². The van der Waals surface area contributed by atoms with Gasteiger partial charge in [-0.2, -0.15) is 0 Å². The Morgan fingerprint density at radius 3 is 2.07 bits per heavy atom. The summed E-state index contributed by atoms with van der Waals surface area (Å²) in [6, 6.07) is 0. The Morgan fingerprint density at radius 2 is 1.71 bits per heavy atom. The zero-order valence-corrected chi connectivity index (χ0v) is 7.90. The molecule has 0 aromatic rings. The van der Waals surface area contributed by atoms with Crippen LogP contribution >= 0.6 is 0 Å². The zero-order valence-electron chi connectivity index (χ0n) is 7.90. The number of carbonyl (C=O) groups is 2. The highest BCUT2D eigenvalue weighted by atomic mass is 16.4. The van der Waals surface area contributed by atoms with Crippen molar-refractivity contribution < 1.29 is 19.8 Å². The number of aliphatic carboxylic acids is 2. The van der Waals surface area contributed by atoms with Crippen LogP contribution in [0.15, 0.2) is 0 Å². The molecule has 2 N–H and O–H groups in total. The Kier molecular flexibility index (Phi) is 2.01. The SMILES string of the molecule is O=C(O)C1CC2CCC1(C(=O)O)CC2. The second kappa shape index (κ2) is 2.97. The van der Waals surface area contributed by atoms with Crippen LogP contribution in [0.5, 0.6) is 0 Å². The number of carboxylic acids is 2. The van der Waals surface area contributed by atoms with E-state index < -0.39 is 23.3 Å². The Morgan fingerprint density at radius 1 is 1.14 bits per heavy atom. The molecular formula is C10H14O4. The summed E-state index contributed by atoms with van der Waals surface area (Å²) >= 11 is 0. The van der Waals surface area contributed by atoms with Gasteiger partial charge in [0.15, 0.2) is 0 Å². The van der Waals surface area contributed by atoms with Gasteiger partial charge in [-0.3, -0.25) is 9.59 Å². The predicted molar refractivity (Wildman–Crippen MR) is 47.8 cm³/mol. The minimum atomic E-state index is -0.958. The average Bonchev–Trinajstić information content (AvgIpc) is 2.19. The molecule has 0 amide bonds. The molecule has 3 rings (SSSR count). The third-order valence-electron chi connectivity index (χ3n) is 3.96. The predicted octanol–water partition coefficient (Wildman–Crippen LogP) is 1.35. The normalized spacial score (nSPS) is 40.9. The van der Waals surface area contributed by atoms with Crippen LogP contribution in [0.1, 0.15) is 32.1 Å². The van der Waals surface area contributed by atoms with E-state index in [-0.39, 0.29) is 0 Å². The molecule has 0 aliphatic heterocycles. The van der Waals surface area contributed by atoms with Gasteiger partial charge >= 0.3 is 11.9 Å². The van der Waals surface area contributed by atoms with Crippen molar-refractivity contribution in [2.24, 2.45) is 17.3 Å². The van der Waals surface area contributed by atoms with Crippen LogP contribution in [0.3, 0.4) is 0 Å². The van der Waals surface area contributed by atoms with Crippen molar-refractivity contribution in [3.63, 3.8) is 0 Å². The van der Waals surface area contributed by atoms with Crippen molar-refractivity contribution in [1.29, 1.82) is 0 Å². The lowest BCUT2D eigenvalue weighted by molar-refractivity contribution is -0.173. The minimum Gasteiger partial charge on any atom is -0.481 e. The molecule has 4 nitrogen and oxygen atoms in total. The van der Waals surface area contributed by atoms with Gasteiger partial charge < -0.3 is 10.2 Å². The smallest absolute Gasteiger partial charge is 0.310 e. The first-order chi connectivity index (χ1) is 6.56. The molecule has 0 radical (unpaired) electrons. The maximum absolute atomic E-state index is 11.2. The summed E-state index contributed by atoms with van der Waals surface area (Å²) in [6.45, 7) is 0. The fraction of sp³-hybridized carbons (Fsp3) is 0.800. The zero-order chi connectivity index (χ0) is 10.3. The molecule has 0 spiro atoms. The Hall–Kier alpha value is -1.06.